The lowest BCUT2D eigenvalue weighted by molar-refractivity contribution is -0.138. The number of para-hydroxylation sites is 2. The Hall–Kier alpha value is -6.14. The number of anilines is 4. The van der Waals surface area contributed by atoms with E-state index in [4.69, 9.17) is 32.7 Å². The SMILES string of the molecule is COc1ccc([C@@]23C(=O)N(Nc4ccc(Cl)cc4Cl)C(=O)[C@@H]2C[C@@H]2C(=CC[C@@H]4C(=O)N(c5ccc(Nc6ccccc6)cc5)C(=O)[C@@H]42)[C@@H]3c2ccccc2OCCO)cc1. The number of imide groups is 2. The number of halogens is 2. The van der Waals surface area contributed by atoms with Gasteiger partial charge in [-0.2, -0.15) is 5.01 Å². The summed E-state index contributed by atoms with van der Waals surface area (Å²) in [6.45, 7) is -0.278. The summed E-state index contributed by atoms with van der Waals surface area (Å²) in [5.74, 6) is -4.71. The van der Waals surface area contributed by atoms with E-state index < -0.39 is 46.8 Å². The summed E-state index contributed by atoms with van der Waals surface area (Å²) in [7, 11) is 1.55. The summed E-state index contributed by atoms with van der Waals surface area (Å²) < 4.78 is 11.7. The number of carbonyl (C=O) groups excluding carboxylic acids is 4. The molecule has 4 amide bonds. The number of allylic oxidation sites excluding steroid dienone is 2. The van der Waals surface area contributed by atoms with Crippen molar-refractivity contribution >= 4 is 69.6 Å². The minimum atomic E-state index is -1.57. The summed E-state index contributed by atoms with van der Waals surface area (Å²) in [6.07, 6.45) is 2.33. The monoisotopic (exact) mass is 842 g/mol. The van der Waals surface area contributed by atoms with Crippen LogP contribution in [-0.2, 0) is 24.6 Å². The number of nitrogens with zero attached hydrogens (tertiary/aromatic N) is 2. The van der Waals surface area contributed by atoms with Crippen LogP contribution in [0.5, 0.6) is 11.5 Å². The third kappa shape index (κ3) is 6.39. The van der Waals surface area contributed by atoms with Crippen LogP contribution in [0.25, 0.3) is 0 Å². The van der Waals surface area contributed by atoms with E-state index in [1.807, 2.05) is 60.7 Å². The molecule has 0 bridgehead atoms. The number of aliphatic hydroxyl groups excluding tert-OH is 1. The fourth-order valence-electron chi connectivity index (χ4n) is 9.83. The van der Waals surface area contributed by atoms with Crippen molar-refractivity contribution in [3.8, 4) is 11.5 Å². The highest BCUT2D eigenvalue weighted by molar-refractivity contribution is 6.36. The molecule has 2 saturated heterocycles. The molecular formula is C47H40Cl2N4O7. The van der Waals surface area contributed by atoms with Crippen molar-refractivity contribution in [3.05, 3.63) is 154 Å². The summed E-state index contributed by atoms with van der Waals surface area (Å²) in [6, 6.07) is 35.9. The molecule has 0 unspecified atom stereocenters. The molecule has 0 spiro atoms. The Labute approximate surface area is 356 Å². The number of ether oxygens (including phenoxy) is 2. The second-order valence-corrected chi connectivity index (χ2v) is 16.2. The van der Waals surface area contributed by atoms with Crippen LogP contribution in [-0.4, -0.2) is 54.1 Å². The van der Waals surface area contributed by atoms with Gasteiger partial charge in [-0.1, -0.05) is 83.4 Å². The van der Waals surface area contributed by atoms with Gasteiger partial charge in [-0.15, -0.1) is 0 Å². The zero-order chi connectivity index (χ0) is 41.7. The Bertz CT molecular complexity index is 2530. The van der Waals surface area contributed by atoms with Crippen molar-refractivity contribution in [1.82, 2.24) is 5.01 Å². The summed E-state index contributed by atoms with van der Waals surface area (Å²) in [4.78, 5) is 61.2. The molecule has 5 aromatic carbocycles. The standard InChI is InChI=1S/C47H40Cl2N4O7/c1-59-32-18-11-27(12-19-32)47-37(44(56)53(46(47)58)51-39-22-13-28(48)25-38(39)49)26-36-33(42(47)34-9-5-6-10-40(34)60-24-23-54)20-21-35-41(36)45(57)52(43(35)55)31-16-14-30(15-17-31)50-29-7-3-2-4-8-29/h2-20,22,25,35-37,41-42,50-51,54H,21,23-24,26H2,1H3/t35-,36+,37-,41-,42+,47+/m0/s1. The van der Waals surface area contributed by atoms with E-state index in [0.29, 0.717) is 39.0 Å². The highest BCUT2D eigenvalue weighted by atomic mass is 35.5. The number of benzene rings is 5. The molecule has 5 aromatic rings. The van der Waals surface area contributed by atoms with Crippen LogP contribution in [0.4, 0.5) is 22.7 Å². The number of hydrogen-bond acceptors (Lipinski definition) is 9. The fourth-order valence-corrected chi connectivity index (χ4v) is 10.3. The maximum atomic E-state index is 15.6. The Morgan fingerprint density at radius 2 is 1.52 bits per heavy atom. The smallest absolute Gasteiger partial charge is 0.260 e. The van der Waals surface area contributed by atoms with Gasteiger partial charge in [-0.3, -0.25) is 29.5 Å². The maximum Gasteiger partial charge on any atom is 0.260 e. The number of rotatable bonds is 11. The summed E-state index contributed by atoms with van der Waals surface area (Å²) >= 11 is 12.8. The van der Waals surface area contributed by atoms with E-state index in [0.717, 1.165) is 22.0 Å². The minimum Gasteiger partial charge on any atom is -0.497 e. The first-order valence-corrected chi connectivity index (χ1v) is 20.5. The highest BCUT2D eigenvalue weighted by Gasteiger charge is 2.70. The molecule has 9 rings (SSSR count). The Kier molecular flexibility index (Phi) is 10.4. The van der Waals surface area contributed by atoms with Gasteiger partial charge in [0.1, 0.15) is 18.1 Å². The number of nitrogens with one attached hydrogen (secondary N) is 2. The first-order chi connectivity index (χ1) is 29.1. The van der Waals surface area contributed by atoms with Gasteiger partial charge in [-0.25, -0.2) is 0 Å². The van der Waals surface area contributed by atoms with Gasteiger partial charge in [0.15, 0.2) is 0 Å². The van der Waals surface area contributed by atoms with E-state index in [2.05, 4.69) is 10.7 Å². The molecule has 0 aromatic heterocycles. The lowest BCUT2D eigenvalue weighted by Gasteiger charge is -2.50. The first kappa shape index (κ1) is 39.3. The third-order valence-corrected chi connectivity index (χ3v) is 12.9. The van der Waals surface area contributed by atoms with Gasteiger partial charge in [0.2, 0.25) is 11.8 Å². The van der Waals surface area contributed by atoms with E-state index in [9.17, 15) is 14.7 Å². The minimum absolute atomic E-state index is 0.0207. The predicted molar refractivity (Wildman–Crippen MR) is 228 cm³/mol. The van der Waals surface area contributed by atoms with Gasteiger partial charge in [0.25, 0.3) is 11.8 Å². The van der Waals surface area contributed by atoms with E-state index in [1.165, 1.54) is 11.0 Å². The van der Waals surface area contributed by atoms with Crippen molar-refractivity contribution in [1.29, 1.82) is 0 Å². The lowest BCUT2D eigenvalue weighted by Crippen LogP contribution is -2.53. The van der Waals surface area contributed by atoms with Gasteiger partial charge < -0.3 is 19.9 Å². The molecule has 2 aliphatic heterocycles. The van der Waals surface area contributed by atoms with Crippen LogP contribution in [0.2, 0.25) is 10.0 Å². The number of hydrogen-bond donors (Lipinski definition) is 3. The average Bonchev–Trinajstić information content (AvgIpc) is 3.65. The molecule has 2 heterocycles. The Morgan fingerprint density at radius 1 is 0.800 bits per heavy atom. The lowest BCUT2D eigenvalue weighted by atomic mass is 9.49. The van der Waals surface area contributed by atoms with Crippen LogP contribution in [0, 0.1) is 23.7 Å². The molecule has 3 N–H and O–H groups in total. The van der Waals surface area contributed by atoms with Crippen LogP contribution >= 0.6 is 23.2 Å². The molecule has 304 valence electrons. The molecular weight excluding hydrogens is 803 g/mol. The average molecular weight is 844 g/mol. The number of amides is 4. The molecule has 6 atom stereocenters. The molecule has 2 aliphatic carbocycles. The first-order valence-electron chi connectivity index (χ1n) is 19.7. The van der Waals surface area contributed by atoms with Gasteiger partial charge in [0, 0.05) is 27.9 Å². The zero-order valence-electron chi connectivity index (χ0n) is 32.4. The quantitative estimate of drug-likeness (QED) is 0.0886. The van der Waals surface area contributed by atoms with E-state index >= 15 is 9.59 Å². The summed E-state index contributed by atoms with van der Waals surface area (Å²) in [5, 5.41) is 14.8. The summed E-state index contributed by atoms with van der Waals surface area (Å²) in [5.41, 5.74) is 5.80. The normalized spacial score (nSPS) is 24.4. The maximum absolute atomic E-state index is 15.6. The number of carbonyl (C=O) groups is 4. The van der Waals surface area contributed by atoms with Crippen molar-refractivity contribution in [2.45, 2.75) is 24.2 Å². The van der Waals surface area contributed by atoms with Crippen LogP contribution in [0.3, 0.4) is 0 Å². The second kappa shape index (κ2) is 15.8. The van der Waals surface area contributed by atoms with Crippen LogP contribution in [0.15, 0.2) is 133 Å². The number of hydrazine groups is 1. The van der Waals surface area contributed by atoms with Gasteiger partial charge in [-0.05, 0) is 97.1 Å². The molecule has 60 heavy (non-hydrogen) atoms. The third-order valence-electron chi connectivity index (χ3n) is 12.3. The molecule has 1 saturated carbocycles. The van der Waals surface area contributed by atoms with E-state index in [1.54, 1.807) is 67.8 Å². The highest BCUT2D eigenvalue weighted by Crippen LogP contribution is 2.65. The molecule has 11 nitrogen and oxygen atoms in total. The predicted octanol–water partition coefficient (Wildman–Crippen LogP) is 8.31. The zero-order valence-corrected chi connectivity index (χ0v) is 33.9. The molecule has 3 fully saturated rings. The molecule has 0 radical (unpaired) electrons. The molecule has 4 aliphatic rings. The van der Waals surface area contributed by atoms with Crippen molar-refractivity contribution < 1.29 is 33.8 Å². The van der Waals surface area contributed by atoms with Crippen molar-refractivity contribution in [2.75, 3.05) is 36.0 Å². The number of aliphatic hydroxyl groups is 1. The van der Waals surface area contributed by atoms with E-state index in [-0.39, 0.29) is 42.9 Å². The van der Waals surface area contributed by atoms with Crippen LogP contribution < -0.4 is 25.1 Å². The van der Waals surface area contributed by atoms with Crippen LogP contribution in [0.1, 0.15) is 29.9 Å². The van der Waals surface area contributed by atoms with Gasteiger partial charge in [0.05, 0.1) is 53.3 Å². The Morgan fingerprint density at radius 3 is 2.23 bits per heavy atom. The number of fused-ring (bicyclic) bond motifs is 4. The van der Waals surface area contributed by atoms with Crippen molar-refractivity contribution in [3.63, 3.8) is 0 Å². The fraction of sp³-hybridized carbons (Fsp3) is 0.234. The van der Waals surface area contributed by atoms with Gasteiger partial charge >= 0.3 is 0 Å². The Balaban J connectivity index is 1.17. The number of methoxy groups -OCH3 is 1. The van der Waals surface area contributed by atoms with Crippen molar-refractivity contribution in [2.24, 2.45) is 23.7 Å². The second-order valence-electron chi connectivity index (χ2n) is 15.4. The molecule has 13 heteroatoms. The topological polar surface area (TPSA) is 138 Å². The largest absolute Gasteiger partial charge is 0.497 e.